The van der Waals surface area contributed by atoms with Gasteiger partial charge in [-0.3, -0.25) is 4.79 Å². The summed E-state index contributed by atoms with van der Waals surface area (Å²) in [6.07, 6.45) is 3.05. The number of nitrogens with one attached hydrogen (secondary N) is 2. The van der Waals surface area contributed by atoms with E-state index in [-0.39, 0.29) is 18.9 Å². The van der Waals surface area contributed by atoms with E-state index in [1.807, 2.05) is 36.4 Å². The van der Waals surface area contributed by atoms with Crippen molar-refractivity contribution in [2.24, 2.45) is 0 Å². The van der Waals surface area contributed by atoms with Gasteiger partial charge in [0.15, 0.2) is 0 Å². The number of carbonyl (C=O) groups excluding carboxylic acids is 2. The average molecular weight is 451 g/mol. The van der Waals surface area contributed by atoms with E-state index in [0.29, 0.717) is 12.8 Å². The van der Waals surface area contributed by atoms with E-state index in [1.54, 1.807) is 6.92 Å². The summed E-state index contributed by atoms with van der Waals surface area (Å²) < 4.78 is 5.65. The van der Waals surface area contributed by atoms with Crippen LogP contribution in [0.1, 0.15) is 62.5 Å². The molecule has 0 saturated heterocycles. The maximum Gasteiger partial charge on any atom is 0.408 e. The predicted molar refractivity (Wildman–Crippen MR) is 124 cm³/mol. The van der Waals surface area contributed by atoms with E-state index in [4.69, 9.17) is 4.74 Å². The summed E-state index contributed by atoms with van der Waals surface area (Å²) in [7, 11) is 0. The topological polar surface area (TPSA) is 105 Å². The van der Waals surface area contributed by atoms with Crippen LogP contribution in [-0.2, 0) is 14.3 Å². The summed E-state index contributed by atoms with van der Waals surface area (Å²) in [5.41, 5.74) is 3.37. The standard InChI is InChI=1S/C26H30N2O5/c1-2-22(23(29)30)27-24(31)26(14-8-3-9-15-26)28-25(32)33-16-21-19-12-6-4-10-17(19)18-11-5-7-13-20(18)21/h4-7,10-13,21-22H,2-3,8-9,14-16H2,1H3,(H,27,31)(H,28,32)(H,29,30)/t22-/m0/s1. The first-order valence-corrected chi connectivity index (χ1v) is 11.6. The predicted octanol–water partition coefficient (Wildman–Crippen LogP) is 4.21. The molecule has 0 aliphatic heterocycles. The first-order chi connectivity index (χ1) is 15.9. The molecule has 2 aromatic rings. The van der Waals surface area contributed by atoms with Crippen LogP contribution in [0, 0.1) is 0 Å². The molecule has 1 saturated carbocycles. The Balaban J connectivity index is 1.47. The van der Waals surface area contributed by atoms with Crippen molar-refractivity contribution >= 4 is 18.0 Å². The molecule has 3 N–H and O–H groups in total. The molecule has 33 heavy (non-hydrogen) atoms. The molecule has 0 radical (unpaired) electrons. The Bertz CT molecular complexity index is 999. The monoisotopic (exact) mass is 450 g/mol. The molecule has 0 aromatic heterocycles. The van der Waals surface area contributed by atoms with E-state index < -0.39 is 29.6 Å². The molecule has 0 bridgehead atoms. The highest BCUT2D eigenvalue weighted by Crippen LogP contribution is 2.44. The highest BCUT2D eigenvalue weighted by molar-refractivity contribution is 5.92. The van der Waals surface area contributed by atoms with Crippen LogP contribution in [0.3, 0.4) is 0 Å². The van der Waals surface area contributed by atoms with E-state index in [9.17, 15) is 19.5 Å². The Hall–Kier alpha value is -3.35. The van der Waals surface area contributed by atoms with Crippen LogP contribution in [0.5, 0.6) is 0 Å². The number of ether oxygens (including phenoxy) is 1. The number of alkyl carbamates (subject to hydrolysis) is 1. The van der Waals surface area contributed by atoms with Gasteiger partial charge in [0.1, 0.15) is 18.2 Å². The zero-order valence-electron chi connectivity index (χ0n) is 18.8. The second kappa shape index (κ2) is 9.65. The summed E-state index contributed by atoms with van der Waals surface area (Å²) in [6, 6.07) is 15.2. The van der Waals surface area contributed by atoms with Crippen molar-refractivity contribution in [3.05, 3.63) is 59.7 Å². The van der Waals surface area contributed by atoms with E-state index in [2.05, 4.69) is 22.8 Å². The summed E-state index contributed by atoms with van der Waals surface area (Å²) >= 11 is 0. The maximum atomic E-state index is 13.1. The lowest BCUT2D eigenvalue weighted by molar-refractivity contribution is -0.143. The van der Waals surface area contributed by atoms with Gasteiger partial charge in [-0.05, 0) is 41.5 Å². The van der Waals surface area contributed by atoms with Gasteiger partial charge in [0.05, 0.1) is 0 Å². The van der Waals surface area contributed by atoms with Gasteiger partial charge < -0.3 is 20.5 Å². The van der Waals surface area contributed by atoms with Crippen molar-refractivity contribution in [3.63, 3.8) is 0 Å². The smallest absolute Gasteiger partial charge is 0.408 e. The zero-order chi connectivity index (χ0) is 23.4. The number of hydrogen-bond donors (Lipinski definition) is 3. The molecule has 2 amide bonds. The molecule has 1 atom stereocenters. The zero-order valence-corrected chi connectivity index (χ0v) is 18.8. The van der Waals surface area contributed by atoms with Gasteiger partial charge in [0.25, 0.3) is 0 Å². The van der Waals surface area contributed by atoms with E-state index in [1.165, 1.54) is 0 Å². The quantitative estimate of drug-likeness (QED) is 0.586. The third-order valence-corrected chi connectivity index (χ3v) is 6.84. The van der Waals surface area contributed by atoms with Gasteiger partial charge in [-0.15, -0.1) is 0 Å². The number of benzene rings is 2. The molecule has 0 unspecified atom stereocenters. The molecule has 7 heteroatoms. The Labute approximate surface area is 193 Å². The first-order valence-electron chi connectivity index (χ1n) is 11.6. The van der Waals surface area contributed by atoms with Crippen molar-refractivity contribution in [1.29, 1.82) is 0 Å². The second-order valence-corrected chi connectivity index (χ2v) is 8.87. The van der Waals surface area contributed by atoms with Gasteiger partial charge in [0.2, 0.25) is 5.91 Å². The number of rotatable bonds is 7. The third-order valence-electron chi connectivity index (χ3n) is 6.84. The van der Waals surface area contributed by atoms with Crippen LogP contribution in [0.25, 0.3) is 11.1 Å². The molecule has 0 spiro atoms. The number of carbonyl (C=O) groups is 3. The van der Waals surface area contributed by atoms with Gasteiger partial charge in [-0.2, -0.15) is 0 Å². The molecule has 0 heterocycles. The SMILES string of the molecule is CC[C@H](NC(=O)C1(NC(=O)OCC2c3ccccc3-c3ccccc32)CCCCC1)C(=O)O. The van der Waals surface area contributed by atoms with Gasteiger partial charge in [0, 0.05) is 5.92 Å². The Morgan fingerprint density at radius 2 is 1.58 bits per heavy atom. The van der Waals surface area contributed by atoms with Gasteiger partial charge >= 0.3 is 12.1 Å². The van der Waals surface area contributed by atoms with Crippen LogP contribution in [-0.4, -0.2) is 41.3 Å². The number of fused-ring (bicyclic) bond motifs is 3. The number of amides is 2. The molecular formula is C26H30N2O5. The minimum Gasteiger partial charge on any atom is -0.480 e. The molecule has 2 aliphatic rings. The van der Waals surface area contributed by atoms with Crippen LogP contribution < -0.4 is 10.6 Å². The fraction of sp³-hybridized carbons (Fsp3) is 0.423. The summed E-state index contributed by atoms with van der Waals surface area (Å²) in [5, 5.41) is 14.7. The van der Waals surface area contributed by atoms with Crippen LogP contribution in [0.4, 0.5) is 4.79 Å². The molecule has 2 aliphatic carbocycles. The highest BCUT2D eigenvalue weighted by atomic mass is 16.5. The van der Waals surface area contributed by atoms with Crippen LogP contribution in [0.15, 0.2) is 48.5 Å². The average Bonchev–Trinajstić information content (AvgIpc) is 3.15. The largest absolute Gasteiger partial charge is 0.480 e. The van der Waals surface area contributed by atoms with Gasteiger partial charge in [-0.25, -0.2) is 9.59 Å². The van der Waals surface area contributed by atoms with Crippen LogP contribution in [0.2, 0.25) is 0 Å². The lowest BCUT2D eigenvalue weighted by atomic mass is 9.80. The minimum absolute atomic E-state index is 0.0734. The number of hydrogen-bond acceptors (Lipinski definition) is 4. The summed E-state index contributed by atoms with van der Waals surface area (Å²) in [6.45, 7) is 1.86. The number of aliphatic carboxylic acids is 1. The minimum atomic E-state index is -1.15. The Morgan fingerprint density at radius 1 is 1.00 bits per heavy atom. The van der Waals surface area contributed by atoms with Crippen LogP contribution >= 0.6 is 0 Å². The normalized spacial score (nSPS) is 17.4. The van der Waals surface area contributed by atoms with Gasteiger partial charge in [-0.1, -0.05) is 74.7 Å². The molecule has 1 fully saturated rings. The highest BCUT2D eigenvalue weighted by Gasteiger charge is 2.43. The van der Waals surface area contributed by atoms with E-state index >= 15 is 0 Å². The molecular weight excluding hydrogens is 420 g/mol. The van der Waals surface area contributed by atoms with Crippen molar-refractivity contribution < 1.29 is 24.2 Å². The maximum absolute atomic E-state index is 13.1. The molecule has 7 nitrogen and oxygen atoms in total. The summed E-state index contributed by atoms with van der Waals surface area (Å²) in [5.74, 6) is -1.61. The number of carboxylic acid groups (broad SMARTS) is 1. The van der Waals surface area contributed by atoms with Crippen molar-refractivity contribution in [1.82, 2.24) is 10.6 Å². The lowest BCUT2D eigenvalue weighted by Gasteiger charge is -2.37. The lowest BCUT2D eigenvalue weighted by Crippen LogP contribution is -2.62. The fourth-order valence-corrected chi connectivity index (χ4v) is 5.03. The van der Waals surface area contributed by atoms with Crippen molar-refractivity contribution in [3.8, 4) is 11.1 Å². The fourth-order valence-electron chi connectivity index (χ4n) is 5.03. The second-order valence-electron chi connectivity index (χ2n) is 8.87. The Morgan fingerprint density at radius 3 is 2.12 bits per heavy atom. The van der Waals surface area contributed by atoms with Crippen molar-refractivity contribution in [2.45, 2.75) is 62.9 Å². The molecule has 174 valence electrons. The molecule has 4 rings (SSSR count). The summed E-state index contributed by atoms with van der Waals surface area (Å²) in [4.78, 5) is 37.3. The number of carboxylic acids is 1. The van der Waals surface area contributed by atoms with E-state index in [0.717, 1.165) is 41.5 Å². The third kappa shape index (κ3) is 4.58. The van der Waals surface area contributed by atoms with Crippen molar-refractivity contribution in [2.75, 3.05) is 6.61 Å². The first kappa shape index (κ1) is 22.8. The Kier molecular flexibility index (Phi) is 6.67. The molecule has 2 aromatic carbocycles.